The maximum absolute atomic E-state index is 13.2. The fourth-order valence-corrected chi connectivity index (χ4v) is 5.22. The summed E-state index contributed by atoms with van der Waals surface area (Å²) in [7, 11) is 0. The summed E-state index contributed by atoms with van der Waals surface area (Å²) < 4.78 is 1.21. The zero-order chi connectivity index (χ0) is 22.7. The Morgan fingerprint density at radius 1 is 1.15 bits per heavy atom. The lowest BCUT2D eigenvalue weighted by Crippen LogP contribution is -2.33. The first-order valence-corrected chi connectivity index (χ1v) is 11.5. The molecule has 2 aromatic heterocycles. The molecule has 2 aliphatic rings. The second-order valence-corrected chi connectivity index (χ2v) is 9.52. The van der Waals surface area contributed by atoms with E-state index >= 15 is 0 Å². The zero-order valence-corrected chi connectivity index (χ0v) is 19.3. The van der Waals surface area contributed by atoms with Crippen molar-refractivity contribution in [2.24, 2.45) is 0 Å². The van der Waals surface area contributed by atoms with Crippen LogP contribution in [0.4, 0.5) is 11.6 Å². The average molecular weight is 479 g/mol. The van der Waals surface area contributed by atoms with Gasteiger partial charge in [-0.2, -0.15) is 9.78 Å². The summed E-state index contributed by atoms with van der Waals surface area (Å²) in [6.07, 6.45) is 4.01. The van der Waals surface area contributed by atoms with Crippen LogP contribution < -0.4 is 16.2 Å². The Morgan fingerprint density at radius 3 is 2.70 bits per heavy atom. The summed E-state index contributed by atoms with van der Waals surface area (Å²) >= 11 is 12.6. The highest BCUT2D eigenvalue weighted by molar-refractivity contribution is 6.37. The van der Waals surface area contributed by atoms with Crippen LogP contribution >= 0.6 is 23.2 Å². The first-order chi connectivity index (χ1) is 15.9. The van der Waals surface area contributed by atoms with Gasteiger partial charge in [-0.15, -0.1) is 0 Å². The Balaban J connectivity index is 1.38. The molecule has 0 radical (unpaired) electrons. The quantitative estimate of drug-likeness (QED) is 0.445. The molecule has 1 aliphatic heterocycles. The predicted octanol–water partition coefficient (Wildman–Crippen LogP) is 4.67. The third-order valence-corrected chi connectivity index (χ3v) is 7.13. The van der Waals surface area contributed by atoms with Gasteiger partial charge in [0, 0.05) is 30.4 Å². The van der Waals surface area contributed by atoms with Gasteiger partial charge in [-0.3, -0.25) is 4.79 Å². The van der Waals surface area contributed by atoms with Crippen LogP contribution in [-0.2, 0) is 12.0 Å². The summed E-state index contributed by atoms with van der Waals surface area (Å²) in [5.41, 5.74) is 5.01. The van der Waals surface area contributed by atoms with Gasteiger partial charge in [0.2, 0.25) is 5.95 Å². The fraction of sp³-hybridized carbons (Fsp3) is 0.250. The van der Waals surface area contributed by atoms with Crippen LogP contribution in [0.3, 0.4) is 0 Å². The van der Waals surface area contributed by atoms with E-state index in [4.69, 9.17) is 23.2 Å². The number of halogens is 2. The summed E-state index contributed by atoms with van der Waals surface area (Å²) in [4.78, 5) is 22.1. The van der Waals surface area contributed by atoms with Crippen molar-refractivity contribution < 1.29 is 0 Å². The van der Waals surface area contributed by atoms with Gasteiger partial charge in [-0.25, -0.2) is 9.97 Å². The highest BCUT2D eigenvalue weighted by Crippen LogP contribution is 2.50. The lowest BCUT2D eigenvalue weighted by Gasteiger charge is -2.26. The van der Waals surface area contributed by atoms with Crippen molar-refractivity contribution in [1.29, 1.82) is 0 Å². The average Bonchev–Trinajstić information content (AvgIpc) is 3.57. The molecule has 0 saturated heterocycles. The third kappa shape index (κ3) is 3.39. The number of hydrogen-bond donors (Lipinski definition) is 2. The van der Waals surface area contributed by atoms with Crippen molar-refractivity contribution in [2.75, 3.05) is 11.9 Å². The molecule has 4 aromatic rings. The van der Waals surface area contributed by atoms with Crippen molar-refractivity contribution in [2.45, 2.75) is 31.7 Å². The number of anilines is 2. The lowest BCUT2D eigenvalue weighted by molar-refractivity contribution is 0.531. The Labute approximate surface area is 199 Å². The summed E-state index contributed by atoms with van der Waals surface area (Å²) in [6, 6.07) is 11.5. The van der Waals surface area contributed by atoms with E-state index in [2.05, 4.69) is 43.9 Å². The van der Waals surface area contributed by atoms with Gasteiger partial charge in [0.25, 0.3) is 5.56 Å². The van der Waals surface area contributed by atoms with E-state index in [0.29, 0.717) is 43.7 Å². The highest BCUT2D eigenvalue weighted by atomic mass is 35.5. The second kappa shape index (κ2) is 7.52. The summed E-state index contributed by atoms with van der Waals surface area (Å²) in [5, 5.41) is 12.3. The van der Waals surface area contributed by atoms with Gasteiger partial charge < -0.3 is 10.6 Å². The fourth-order valence-electron chi connectivity index (χ4n) is 4.67. The number of hydrogen-bond acceptors (Lipinski definition) is 6. The van der Waals surface area contributed by atoms with Crippen molar-refractivity contribution in [3.05, 3.63) is 79.8 Å². The molecule has 6 rings (SSSR count). The van der Waals surface area contributed by atoms with E-state index in [1.165, 1.54) is 34.8 Å². The molecule has 9 heteroatoms. The predicted molar refractivity (Wildman–Crippen MR) is 130 cm³/mol. The van der Waals surface area contributed by atoms with Crippen molar-refractivity contribution in [3.63, 3.8) is 0 Å². The minimum atomic E-state index is -0.383. The van der Waals surface area contributed by atoms with Gasteiger partial charge in [-0.05, 0) is 55.2 Å². The minimum Gasteiger partial charge on any atom is -0.324 e. The van der Waals surface area contributed by atoms with Crippen molar-refractivity contribution in [1.82, 2.24) is 25.1 Å². The van der Waals surface area contributed by atoms with Crippen LogP contribution in [0.2, 0.25) is 10.0 Å². The maximum atomic E-state index is 13.2. The zero-order valence-electron chi connectivity index (χ0n) is 17.8. The standard InChI is InChI=1S/C24H20Cl2N6O/c1-13-20-16(22(33)32(31-13)21-18(25)3-2-4-19(21)26)11-28-23(30-20)29-15-5-6-17-14(9-15)10-27-12-24(17)7-8-24/h2-6,9,11,27H,7-8,10,12H2,1H3,(H,28,29,30). The lowest BCUT2D eigenvalue weighted by atomic mass is 9.88. The van der Waals surface area contributed by atoms with Gasteiger partial charge in [0.15, 0.2) is 0 Å². The van der Waals surface area contributed by atoms with E-state index in [9.17, 15) is 4.79 Å². The Bertz CT molecular complexity index is 1470. The SMILES string of the molecule is Cc1nn(-c2c(Cl)cccc2Cl)c(=O)c2cnc(Nc3ccc4c(c3)CNCC43CC3)nc12. The molecule has 2 aromatic carbocycles. The number of nitrogens with one attached hydrogen (secondary N) is 2. The third-order valence-electron chi connectivity index (χ3n) is 6.52. The smallest absolute Gasteiger partial charge is 0.282 e. The second-order valence-electron chi connectivity index (χ2n) is 8.71. The molecule has 0 unspecified atom stereocenters. The van der Waals surface area contributed by atoms with E-state index < -0.39 is 0 Å². The number of para-hydroxylation sites is 1. The maximum Gasteiger partial charge on any atom is 0.282 e. The van der Waals surface area contributed by atoms with Gasteiger partial charge in [0.05, 0.1) is 21.1 Å². The Morgan fingerprint density at radius 2 is 1.94 bits per heavy atom. The van der Waals surface area contributed by atoms with Crippen molar-refractivity contribution >= 4 is 45.7 Å². The number of nitrogens with zero attached hydrogens (tertiary/aromatic N) is 4. The molecule has 1 fully saturated rings. The molecule has 3 heterocycles. The van der Waals surface area contributed by atoms with Gasteiger partial charge >= 0.3 is 0 Å². The van der Waals surface area contributed by atoms with Gasteiger partial charge in [-0.1, -0.05) is 35.3 Å². The van der Waals surface area contributed by atoms with Crippen LogP contribution in [0.25, 0.3) is 16.6 Å². The molecule has 166 valence electrons. The molecule has 33 heavy (non-hydrogen) atoms. The normalized spacial score (nSPS) is 16.1. The van der Waals surface area contributed by atoms with E-state index in [1.807, 2.05) is 0 Å². The largest absolute Gasteiger partial charge is 0.324 e. The van der Waals surface area contributed by atoms with Crippen LogP contribution in [0.1, 0.15) is 29.7 Å². The molecule has 1 saturated carbocycles. The summed E-state index contributed by atoms with van der Waals surface area (Å²) in [5.74, 6) is 0.408. The molecule has 7 nitrogen and oxygen atoms in total. The van der Waals surface area contributed by atoms with Crippen LogP contribution in [0, 0.1) is 6.92 Å². The first-order valence-electron chi connectivity index (χ1n) is 10.8. The molecule has 0 amide bonds. The van der Waals surface area contributed by atoms with E-state index in [-0.39, 0.29) is 5.56 Å². The topological polar surface area (TPSA) is 84.7 Å². The molecular weight excluding hydrogens is 459 g/mol. The number of fused-ring (bicyclic) bond motifs is 3. The highest BCUT2D eigenvalue weighted by Gasteiger charge is 2.46. The van der Waals surface area contributed by atoms with Gasteiger partial charge in [0.1, 0.15) is 11.2 Å². The number of benzene rings is 2. The molecule has 2 N–H and O–H groups in total. The first kappa shape index (κ1) is 20.6. The molecular formula is C24H20Cl2N6O. The molecule has 0 atom stereocenters. The molecule has 0 bridgehead atoms. The van der Waals surface area contributed by atoms with E-state index in [0.717, 1.165) is 18.8 Å². The van der Waals surface area contributed by atoms with Crippen LogP contribution in [0.5, 0.6) is 0 Å². The Kier molecular flexibility index (Phi) is 4.69. The van der Waals surface area contributed by atoms with E-state index in [1.54, 1.807) is 25.1 Å². The molecule has 1 spiro atoms. The van der Waals surface area contributed by atoms with Crippen LogP contribution in [-0.4, -0.2) is 26.3 Å². The number of aryl methyl sites for hydroxylation is 1. The summed E-state index contributed by atoms with van der Waals surface area (Å²) in [6.45, 7) is 3.71. The van der Waals surface area contributed by atoms with Crippen molar-refractivity contribution in [3.8, 4) is 5.69 Å². The number of rotatable bonds is 3. The monoisotopic (exact) mass is 478 g/mol. The Hall–Kier alpha value is -3.00. The van der Waals surface area contributed by atoms with Crippen LogP contribution in [0.15, 0.2) is 47.4 Å². The minimum absolute atomic E-state index is 0.332. The molecule has 1 aliphatic carbocycles. The number of aromatic nitrogens is 4.